The third-order valence-corrected chi connectivity index (χ3v) is 4.60. The largest absolute Gasteiger partial charge is 0.493 e. The van der Waals surface area contributed by atoms with Gasteiger partial charge < -0.3 is 13.6 Å². The van der Waals surface area contributed by atoms with Crippen LogP contribution in [0.3, 0.4) is 0 Å². The highest BCUT2D eigenvalue weighted by Crippen LogP contribution is 2.33. The van der Waals surface area contributed by atoms with E-state index in [0.717, 1.165) is 16.2 Å². The van der Waals surface area contributed by atoms with Crippen LogP contribution in [0.25, 0.3) is 33.4 Å². The molecule has 5 aromatic rings. The second-order valence-corrected chi connectivity index (χ2v) is 6.42. The van der Waals surface area contributed by atoms with Gasteiger partial charge in [-0.05, 0) is 35.0 Å². The number of furan rings is 1. The lowest BCUT2D eigenvalue weighted by Crippen LogP contribution is -2.12. The molecule has 0 saturated carbocycles. The Labute approximate surface area is 164 Å². The van der Waals surface area contributed by atoms with Gasteiger partial charge in [0.2, 0.25) is 0 Å². The molecule has 1 N–H and O–H groups in total. The van der Waals surface area contributed by atoms with Crippen LogP contribution in [0.4, 0.5) is 6.01 Å². The van der Waals surface area contributed by atoms with Crippen molar-refractivity contribution >= 4 is 33.7 Å². The molecule has 0 unspecified atom stereocenters. The van der Waals surface area contributed by atoms with E-state index in [1.165, 1.54) is 0 Å². The van der Waals surface area contributed by atoms with E-state index in [4.69, 9.17) is 13.6 Å². The molecule has 0 radical (unpaired) electrons. The Hall–Kier alpha value is -4.13. The van der Waals surface area contributed by atoms with E-state index in [-0.39, 0.29) is 17.8 Å². The average molecular weight is 385 g/mol. The number of anilines is 1. The fourth-order valence-corrected chi connectivity index (χ4v) is 3.18. The van der Waals surface area contributed by atoms with E-state index in [1.54, 1.807) is 25.3 Å². The minimum absolute atomic E-state index is 0.00872. The molecule has 0 bridgehead atoms. The number of para-hydroxylation sites is 1. The van der Waals surface area contributed by atoms with E-state index in [0.29, 0.717) is 22.7 Å². The summed E-state index contributed by atoms with van der Waals surface area (Å²) in [7, 11) is 1.57. The highest BCUT2D eigenvalue weighted by molar-refractivity contribution is 6.05. The molecule has 29 heavy (non-hydrogen) atoms. The van der Waals surface area contributed by atoms with Crippen LogP contribution < -0.4 is 10.1 Å². The Morgan fingerprint density at radius 1 is 0.897 bits per heavy atom. The Kier molecular flexibility index (Phi) is 3.98. The quantitative estimate of drug-likeness (QED) is 0.473. The van der Waals surface area contributed by atoms with Gasteiger partial charge in [-0.25, -0.2) is 0 Å². The molecule has 0 aliphatic rings. The van der Waals surface area contributed by atoms with Crippen LogP contribution in [0.5, 0.6) is 5.75 Å². The number of ether oxygens (including phenoxy) is 1. The number of hydrogen-bond acceptors (Lipinski definition) is 6. The number of fused-ring (bicyclic) bond motifs is 2. The Morgan fingerprint density at radius 3 is 2.59 bits per heavy atom. The summed E-state index contributed by atoms with van der Waals surface area (Å²) in [6.45, 7) is 0. The van der Waals surface area contributed by atoms with Crippen LogP contribution in [-0.4, -0.2) is 23.2 Å². The van der Waals surface area contributed by atoms with Crippen molar-refractivity contribution in [1.29, 1.82) is 0 Å². The number of nitrogens with zero attached hydrogens (tertiary/aromatic N) is 2. The lowest BCUT2D eigenvalue weighted by molar-refractivity contribution is 0.102. The highest BCUT2D eigenvalue weighted by Gasteiger charge is 2.17. The summed E-state index contributed by atoms with van der Waals surface area (Å²) in [5, 5.41) is 13.4. The molecule has 142 valence electrons. The molecule has 3 aromatic carbocycles. The minimum atomic E-state index is -0.336. The fourth-order valence-electron chi connectivity index (χ4n) is 3.18. The van der Waals surface area contributed by atoms with Crippen LogP contribution in [0.15, 0.2) is 75.6 Å². The molecule has 0 spiro atoms. The predicted octanol–water partition coefficient (Wildman–Crippen LogP) is 4.90. The van der Waals surface area contributed by atoms with Gasteiger partial charge in [-0.3, -0.25) is 10.1 Å². The number of benzene rings is 3. The molecule has 2 heterocycles. The van der Waals surface area contributed by atoms with Gasteiger partial charge in [0, 0.05) is 10.9 Å². The molecule has 0 atom stereocenters. The molecule has 7 heteroatoms. The second kappa shape index (κ2) is 6.79. The van der Waals surface area contributed by atoms with Crippen molar-refractivity contribution in [3.63, 3.8) is 0 Å². The number of aromatic nitrogens is 2. The van der Waals surface area contributed by atoms with Gasteiger partial charge in [0.15, 0.2) is 17.1 Å². The van der Waals surface area contributed by atoms with Crippen molar-refractivity contribution in [2.45, 2.75) is 0 Å². The number of carbonyl (C=O) groups is 1. The van der Waals surface area contributed by atoms with Crippen LogP contribution in [0, 0.1) is 0 Å². The van der Waals surface area contributed by atoms with Crippen LogP contribution >= 0.6 is 0 Å². The summed E-state index contributed by atoms with van der Waals surface area (Å²) < 4.78 is 16.7. The first kappa shape index (κ1) is 17.0. The van der Waals surface area contributed by atoms with Gasteiger partial charge in [0.05, 0.1) is 7.11 Å². The van der Waals surface area contributed by atoms with Crippen molar-refractivity contribution in [2.24, 2.45) is 0 Å². The summed E-state index contributed by atoms with van der Waals surface area (Å²) in [5.41, 5.74) is 1.09. The lowest BCUT2D eigenvalue weighted by Gasteiger charge is -2.02. The molecule has 1 amide bonds. The van der Waals surface area contributed by atoms with Crippen molar-refractivity contribution < 1.29 is 18.4 Å². The van der Waals surface area contributed by atoms with Crippen molar-refractivity contribution in [3.05, 3.63) is 72.3 Å². The number of nitrogens with one attached hydrogen (secondary N) is 1. The van der Waals surface area contributed by atoms with E-state index in [2.05, 4.69) is 15.5 Å². The molecular weight excluding hydrogens is 370 g/mol. The van der Waals surface area contributed by atoms with Gasteiger partial charge in [-0.2, -0.15) is 0 Å². The fraction of sp³-hybridized carbons (Fsp3) is 0.0455. The normalized spacial score (nSPS) is 11.1. The standard InChI is InChI=1S/C22H15N3O4/c1-27-17-8-4-7-15-12-18(28-19(15)17)21-24-25-22(29-21)23-20(26)16-10-9-13-5-2-3-6-14(13)11-16/h2-12H,1H3,(H,23,25,26). The van der Waals surface area contributed by atoms with Crippen molar-refractivity contribution in [1.82, 2.24) is 10.2 Å². The average Bonchev–Trinajstić information content (AvgIpc) is 3.40. The summed E-state index contributed by atoms with van der Waals surface area (Å²) in [6, 6.07) is 20.6. The van der Waals surface area contributed by atoms with Gasteiger partial charge in [-0.1, -0.05) is 47.6 Å². The number of hydrogen-bond donors (Lipinski definition) is 1. The van der Waals surface area contributed by atoms with Gasteiger partial charge in [0.1, 0.15) is 0 Å². The zero-order valence-corrected chi connectivity index (χ0v) is 15.4. The number of rotatable bonds is 4. The third-order valence-electron chi connectivity index (χ3n) is 4.60. The smallest absolute Gasteiger partial charge is 0.322 e. The monoisotopic (exact) mass is 385 g/mol. The van der Waals surface area contributed by atoms with E-state index < -0.39 is 0 Å². The van der Waals surface area contributed by atoms with Crippen LogP contribution in [-0.2, 0) is 0 Å². The van der Waals surface area contributed by atoms with Crippen LogP contribution in [0.2, 0.25) is 0 Å². The number of carbonyl (C=O) groups excluding carboxylic acids is 1. The molecular formula is C22H15N3O4. The van der Waals surface area contributed by atoms with E-state index >= 15 is 0 Å². The van der Waals surface area contributed by atoms with Crippen molar-refractivity contribution in [3.8, 4) is 17.4 Å². The minimum Gasteiger partial charge on any atom is -0.493 e. The highest BCUT2D eigenvalue weighted by atomic mass is 16.5. The molecule has 5 rings (SSSR count). The predicted molar refractivity (Wildman–Crippen MR) is 108 cm³/mol. The maximum Gasteiger partial charge on any atom is 0.322 e. The molecule has 7 nitrogen and oxygen atoms in total. The summed E-state index contributed by atoms with van der Waals surface area (Å²) in [5.74, 6) is 0.829. The van der Waals surface area contributed by atoms with Gasteiger partial charge in [0.25, 0.3) is 11.8 Å². The lowest BCUT2D eigenvalue weighted by atomic mass is 10.1. The van der Waals surface area contributed by atoms with E-state index in [1.807, 2.05) is 48.5 Å². The van der Waals surface area contributed by atoms with E-state index in [9.17, 15) is 4.79 Å². The molecule has 0 fully saturated rings. The van der Waals surface area contributed by atoms with Crippen molar-refractivity contribution in [2.75, 3.05) is 12.4 Å². The first-order valence-electron chi connectivity index (χ1n) is 8.92. The number of amides is 1. The summed E-state index contributed by atoms with van der Waals surface area (Å²) >= 11 is 0. The molecule has 2 aromatic heterocycles. The van der Waals surface area contributed by atoms with Gasteiger partial charge in [-0.15, -0.1) is 5.10 Å². The maximum atomic E-state index is 12.5. The summed E-state index contributed by atoms with van der Waals surface area (Å²) in [4.78, 5) is 12.5. The number of methoxy groups -OCH3 is 1. The zero-order chi connectivity index (χ0) is 19.8. The van der Waals surface area contributed by atoms with Gasteiger partial charge >= 0.3 is 6.01 Å². The van der Waals surface area contributed by atoms with Crippen LogP contribution in [0.1, 0.15) is 10.4 Å². The maximum absolute atomic E-state index is 12.5. The third kappa shape index (κ3) is 3.08. The molecule has 0 aliphatic carbocycles. The Bertz CT molecular complexity index is 1350. The SMILES string of the molecule is COc1cccc2cc(-c3nnc(NC(=O)c4ccc5ccccc5c4)o3)oc12. The molecule has 0 saturated heterocycles. The molecule has 0 aliphatic heterocycles. The zero-order valence-electron chi connectivity index (χ0n) is 15.4. The summed E-state index contributed by atoms with van der Waals surface area (Å²) in [6.07, 6.45) is 0. The first-order chi connectivity index (χ1) is 14.2. The topological polar surface area (TPSA) is 90.4 Å². The Morgan fingerprint density at radius 2 is 1.72 bits per heavy atom. The second-order valence-electron chi connectivity index (χ2n) is 6.42. The Balaban J connectivity index is 1.40. The first-order valence-corrected chi connectivity index (χ1v) is 8.92.